The molecule has 0 bridgehead atoms. The zero-order chi connectivity index (χ0) is 9.07. The van der Waals surface area contributed by atoms with Gasteiger partial charge in [0.05, 0.1) is 0 Å². The van der Waals surface area contributed by atoms with Crippen LogP contribution in [0.4, 0.5) is 0 Å². The van der Waals surface area contributed by atoms with Crippen molar-refractivity contribution in [3.63, 3.8) is 0 Å². The SMILES string of the molecule is CSC(S[Si](C)(C)C)=C(C)C. The van der Waals surface area contributed by atoms with Crippen molar-refractivity contribution in [3.8, 4) is 0 Å². The Kier molecular flexibility index (Phi) is 4.90. The standard InChI is InChI=1S/C8H18S2Si/c1-7(2)8(9-3)10-11(4,5)6/h1-6H3. The van der Waals surface area contributed by atoms with E-state index < -0.39 is 7.22 Å². The van der Waals surface area contributed by atoms with Crippen LogP contribution in [0, 0.1) is 0 Å². The molecule has 0 aromatic carbocycles. The monoisotopic (exact) mass is 206 g/mol. The topological polar surface area (TPSA) is 0 Å². The molecule has 0 atom stereocenters. The third kappa shape index (κ3) is 5.88. The summed E-state index contributed by atoms with van der Waals surface area (Å²) in [7, 11) is -0.966. The van der Waals surface area contributed by atoms with Crippen LogP contribution in [0.1, 0.15) is 13.8 Å². The molecule has 0 radical (unpaired) electrons. The average molecular weight is 206 g/mol. The molecule has 0 aliphatic heterocycles. The molecule has 0 heterocycles. The molecule has 0 saturated carbocycles. The van der Waals surface area contributed by atoms with Gasteiger partial charge in [0.2, 0.25) is 0 Å². The summed E-state index contributed by atoms with van der Waals surface area (Å²) in [5, 5.41) is 0. The van der Waals surface area contributed by atoms with E-state index in [1.54, 1.807) is 0 Å². The Morgan fingerprint density at radius 3 is 1.64 bits per heavy atom. The smallest absolute Gasteiger partial charge is 0.115 e. The molecule has 0 rings (SSSR count). The van der Waals surface area contributed by atoms with Crippen LogP contribution in [0.2, 0.25) is 19.6 Å². The van der Waals surface area contributed by atoms with Crippen LogP contribution in [0.5, 0.6) is 0 Å². The van der Waals surface area contributed by atoms with Crippen molar-refractivity contribution >= 4 is 30.2 Å². The van der Waals surface area contributed by atoms with E-state index in [1.807, 2.05) is 11.8 Å². The lowest BCUT2D eigenvalue weighted by Crippen LogP contribution is -2.13. The van der Waals surface area contributed by atoms with Crippen LogP contribution >= 0.6 is 23.0 Å². The lowest BCUT2D eigenvalue weighted by atomic mass is 10.4. The largest absolute Gasteiger partial charge is 0.145 e. The van der Waals surface area contributed by atoms with E-state index in [4.69, 9.17) is 0 Å². The fraction of sp³-hybridized carbons (Fsp3) is 0.750. The van der Waals surface area contributed by atoms with Crippen LogP contribution in [-0.2, 0) is 0 Å². The normalized spacial score (nSPS) is 11.5. The van der Waals surface area contributed by atoms with Crippen LogP contribution in [0.3, 0.4) is 0 Å². The predicted molar refractivity (Wildman–Crippen MR) is 62.8 cm³/mol. The summed E-state index contributed by atoms with van der Waals surface area (Å²) in [6, 6.07) is 0. The van der Waals surface area contributed by atoms with Crippen molar-refractivity contribution in [2.24, 2.45) is 0 Å². The molecule has 0 aromatic rings. The highest BCUT2D eigenvalue weighted by Crippen LogP contribution is 2.36. The zero-order valence-electron chi connectivity index (χ0n) is 8.32. The highest BCUT2D eigenvalue weighted by atomic mass is 32.4. The fourth-order valence-electron chi connectivity index (χ4n) is 0.626. The van der Waals surface area contributed by atoms with Crippen LogP contribution < -0.4 is 0 Å². The highest BCUT2D eigenvalue weighted by Gasteiger charge is 2.16. The van der Waals surface area contributed by atoms with Gasteiger partial charge in [0.15, 0.2) is 0 Å². The third-order valence-electron chi connectivity index (χ3n) is 0.993. The molecule has 0 spiro atoms. The van der Waals surface area contributed by atoms with Gasteiger partial charge in [-0.15, -0.1) is 23.0 Å². The van der Waals surface area contributed by atoms with Gasteiger partial charge in [0, 0.05) is 4.24 Å². The summed E-state index contributed by atoms with van der Waals surface area (Å²) in [4.78, 5) is 0. The zero-order valence-corrected chi connectivity index (χ0v) is 10.9. The minimum Gasteiger partial charge on any atom is -0.145 e. The molecule has 0 aliphatic rings. The summed E-state index contributed by atoms with van der Waals surface area (Å²) < 4.78 is 1.52. The summed E-state index contributed by atoms with van der Waals surface area (Å²) in [6.07, 6.45) is 2.16. The van der Waals surface area contributed by atoms with Gasteiger partial charge in [-0.2, -0.15) is 0 Å². The van der Waals surface area contributed by atoms with Gasteiger partial charge < -0.3 is 0 Å². The summed E-state index contributed by atoms with van der Waals surface area (Å²) >= 11 is 3.97. The number of hydrogen-bond acceptors (Lipinski definition) is 2. The molecule has 66 valence electrons. The van der Waals surface area contributed by atoms with Gasteiger partial charge in [-0.3, -0.25) is 0 Å². The molecule has 0 saturated heterocycles. The lowest BCUT2D eigenvalue weighted by molar-refractivity contribution is 1.41. The molecule has 0 aliphatic carbocycles. The van der Waals surface area contributed by atoms with Gasteiger partial charge in [-0.05, 0) is 20.1 Å². The van der Waals surface area contributed by atoms with E-state index in [2.05, 4.69) is 51.0 Å². The summed E-state index contributed by atoms with van der Waals surface area (Å²) in [5.41, 5.74) is 1.46. The Morgan fingerprint density at radius 2 is 1.55 bits per heavy atom. The van der Waals surface area contributed by atoms with Gasteiger partial charge in [0.25, 0.3) is 0 Å². The highest BCUT2D eigenvalue weighted by molar-refractivity contribution is 8.39. The number of hydrogen-bond donors (Lipinski definition) is 0. The number of allylic oxidation sites excluding steroid dienone is 1. The number of thioether (sulfide) groups is 1. The first kappa shape index (κ1) is 11.7. The van der Waals surface area contributed by atoms with Gasteiger partial charge >= 0.3 is 0 Å². The van der Waals surface area contributed by atoms with E-state index in [-0.39, 0.29) is 0 Å². The van der Waals surface area contributed by atoms with E-state index >= 15 is 0 Å². The molecule has 11 heavy (non-hydrogen) atoms. The maximum Gasteiger partial charge on any atom is 0.115 e. The second kappa shape index (κ2) is 4.63. The maximum absolute atomic E-state index is 2.39. The van der Waals surface area contributed by atoms with Crippen molar-refractivity contribution in [2.75, 3.05) is 6.26 Å². The van der Waals surface area contributed by atoms with Crippen molar-refractivity contribution in [1.29, 1.82) is 0 Å². The molecule has 0 N–H and O–H groups in total. The molecule has 0 aromatic heterocycles. The summed E-state index contributed by atoms with van der Waals surface area (Å²) in [6.45, 7) is 11.5. The van der Waals surface area contributed by atoms with Gasteiger partial charge in [-0.25, -0.2) is 0 Å². The Morgan fingerprint density at radius 1 is 1.09 bits per heavy atom. The molecular formula is C8H18S2Si. The lowest BCUT2D eigenvalue weighted by Gasteiger charge is -2.17. The Hall–Kier alpha value is 0.657. The predicted octanol–water partition coefficient (Wildman–Crippen LogP) is 4.17. The molecule has 3 heteroatoms. The van der Waals surface area contributed by atoms with Gasteiger partial charge in [0.1, 0.15) is 7.22 Å². The summed E-state index contributed by atoms with van der Waals surface area (Å²) in [5.74, 6) is 0. The van der Waals surface area contributed by atoms with Crippen molar-refractivity contribution in [2.45, 2.75) is 33.5 Å². The second-order valence-electron chi connectivity index (χ2n) is 3.71. The Labute approximate surface area is 79.9 Å². The second-order valence-corrected chi connectivity index (χ2v) is 13.9. The molecule has 0 unspecified atom stereocenters. The van der Waals surface area contributed by atoms with Crippen LogP contribution in [-0.4, -0.2) is 13.5 Å². The Bertz CT molecular complexity index is 152. The molecule has 0 nitrogen and oxygen atoms in total. The first-order valence-corrected chi connectivity index (χ1v) is 10.0. The third-order valence-corrected chi connectivity index (χ3v) is 6.62. The Balaban J connectivity index is 4.23. The first-order chi connectivity index (χ1) is 4.87. The van der Waals surface area contributed by atoms with E-state index in [0.29, 0.717) is 0 Å². The van der Waals surface area contributed by atoms with Gasteiger partial charge in [-0.1, -0.05) is 25.2 Å². The number of rotatable bonds is 3. The maximum atomic E-state index is 2.39. The van der Waals surface area contributed by atoms with E-state index in [1.165, 1.54) is 9.81 Å². The minimum atomic E-state index is -0.966. The van der Waals surface area contributed by atoms with Crippen molar-refractivity contribution < 1.29 is 0 Å². The quantitative estimate of drug-likeness (QED) is 0.636. The van der Waals surface area contributed by atoms with E-state index in [9.17, 15) is 0 Å². The van der Waals surface area contributed by atoms with Crippen LogP contribution in [0.25, 0.3) is 0 Å². The van der Waals surface area contributed by atoms with Crippen molar-refractivity contribution in [3.05, 3.63) is 9.81 Å². The first-order valence-electron chi connectivity index (χ1n) is 3.77. The molecule has 0 amide bonds. The average Bonchev–Trinajstić information content (AvgIpc) is 1.80. The fourth-order valence-corrected chi connectivity index (χ4v) is 7.41. The molecular weight excluding hydrogens is 188 g/mol. The van der Waals surface area contributed by atoms with Crippen LogP contribution in [0.15, 0.2) is 9.81 Å². The van der Waals surface area contributed by atoms with E-state index in [0.717, 1.165) is 0 Å². The van der Waals surface area contributed by atoms with Crippen molar-refractivity contribution in [1.82, 2.24) is 0 Å². The molecule has 0 fully saturated rings. The minimum absolute atomic E-state index is 0.966.